The summed E-state index contributed by atoms with van der Waals surface area (Å²) in [5.74, 6) is 1.56. The van der Waals surface area contributed by atoms with Crippen LogP contribution in [0.5, 0.6) is 11.5 Å². The zero-order valence-corrected chi connectivity index (χ0v) is 17.8. The lowest BCUT2D eigenvalue weighted by atomic mass is 10.0. The van der Waals surface area contributed by atoms with Gasteiger partial charge in [-0.05, 0) is 53.6 Å². The third kappa shape index (κ3) is 3.63. The van der Waals surface area contributed by atoms with Crippen LogP contribution in [0.3, 0.4) is 0 Å². The highest BCUT2D eigenvalue weighted by atomic mass is 16.5. The van der Waals surface area contributed by atoms with Crippen molar-refractivity contribution in [1.82, 2.24) is 15.2 Å². The Hall–Kier alpha value is -4.32. The van der Waals surface area contributed by atoms with Crippen molar-refractivity contribution in [2.24, 2.45) is 0 Å². The van der Waals surface area contributed by atoms with E-state index in [-0.39, 0.29) is 0 Å². The average Bonchev–Trinajstić information content (AvgIpc) is 3.30. The first-order valence-electron chi connectivity index (χ1n) is 10.2. The summed E-state index contributed by atoms with van der Waals surface area (Å²) in [4.78, 5) is 4.43. The summed E-state index contributed by atoms with van der Waals surface area (Å²) in [5.41, 5.74) is 6.51. The van der Waals surface area contributed by atoms with Crippen LogP contribution in [0.1, 0.15) is 0 Å². The highest BCUT2D eigenvalue weighted by Gasteiger charge is 2.15. The summed E-state index contributed by atoms with van der Waals surface area (Å²) in [7, 11) is 3.33. The molecule has 6 heteroatoms. The normalized spacial score (nSPS) is 10.8. The maximum atomic E-state index is 5.63. The standard InChI is InChI=1S/C26H22N4O2/c1-31-20-11-8-18(9-12-20)25-24-21(14-15-27-26(24)30-29-25)28-22-16-19(10-13-23(22)32-2)17-6-4-3-5-7-17/h3-16H,1-2H3,(H2,27,28,29,30). The van der Waals surface area contributed by atoms with Crippen LogP contribution in [0, 0.1) is 0 Å². The molecule has 3 aromatic carbocycles. The molecule has 0 bridgehead atoms. The molecular formula is C26H22N4O2. The van der Waals surface area contributed by atoms with Gasteiger partial charge in [0.2, 0.25) is 0 Å². The number of hydrogen-bond donors (Lipinski definition) is 2. The number of aromatic amines is 1. The van der Waals surface area contributed by atoms with Crippen LogP contribution in [0.25, 0.3) is 33.4 Å². The van der Waals surface area contributed by atoms with Crippen molar-refractivity contribution in [1.29, 1.82) is 0 Å². The summed E-state index contributed by atoms with van der Waals surface area (Å²) < 4.78 is 10.9. The molecule has 0 atom stereocenters. The summed E-state index contributed by atoms with van der Waals surface area (Å²) >= 11 is 0. The molecule has 0 saturated carbocycles. The molecule has 0 aliphatic rings. The van der Waals surface area contributed by atoms with E-state index in [1.165, 1.54) is 0 Å². The Morgan fingerprint density at radius 2 is 1.53 bits per heavy atom. The first-order chi connectivity index (χ1) is 15.8. The zero-order chi connectivity index (χ0) is 21.9. The Morgan fingerprint density at radius 3 is 2.28 bits per heavy atom. The molecular weight excluding hydrogens is 400 g/mol. The summed E-state index contributed by atoms with van der Waals surface area (Å²) in [5, 5.41) is 12.0. The molecule has 0 spiro atoms. The van der Waals surface area contributed by atoms with E-state index in [2.05, 4.69) is 44.8 Å². The number of pyridine rings is 1. The van der Waals surface area contributed by atoms with Gasteiger partial charge in [-0.3, -0.25) is 5.10 Å². The lowest BCUT2D eigenvalue weighted by Gasteiger charge is -2.14. The number of anilines is 2. The van der Waals surface area contributed by atoms with Crippen molar-refractivity contribution >= 4 is 22.4 Å². The van der Waals surface area contributed by atoms with E-state index in [9.17, 15) is 0 Å². The Bertz CT molecular complexity index is 1360. The number of nitrogens with zero attached hydrogens (tertiary/aromatic N) is 2. The number of aromatic nitrogens is 3. The van der Waals surface area contributed by atoms with E-state index in [0.29, 0.717) is 5.65 Å². The van der Waals surface area contributed by atoms with Gasteiger partial charge >= 0.3 is 0 Å². The summed E-state index contributed by atoms with van der Waals surface area (Å²) in [6.07, 6.45) is 1.75. The quantitative estimate of drug-likeness (QED) is 0.348. The Morgan fingerprint density at radius 1 is 0.750 bits per heavy atom. The van der Waals surface area contributed by atoms with E-state index in [0.717, 1.165) is 50.6 Å². The second-order valence-electron chi connectivity index (χ2n) is 7.29. The van der Waals surface area contributed by atoms with Crippen LogP contribution < -0.4 is 14.8 Å². The van der Waals surface area contributed by atoms with Crippen molar-refractivity contribution in [3.8, 4) is 33.9 Å². The molecule has 158 valence electrons. The number of fused-ring (bicyclic) bond motifs is 1. The van der Waals surface area contributed by atoms with Crippen LogP contribution >= 0.6 is 0 Å². The molecule has 0 aliphatic carbocycles. The number of hydrogen-bond acceptors (Lipinski definition) is 5. The second kappa shape index (κ2) is 8.43. The van der Waals surface area contributed by atoms with Crippen molar-refractivity contribution in [2.45, 2.75) is 0 Å². The van der Waals surface area contributed by atoms with Gasteiger partial charge in [0.05, 0.1) is 36.7 Å². The molecule has 2 heterocycles. The summed E-state index contributed by atoms with van der Waals surface area (Å²) in [6.45, 7) is 0. The lowest BCUT2D eigenvalue weighted by Crippen LogP contribution is -1.97. The van der Waals surface area contributed by atoms with Crippen molar-refractivity contribution in [3.05, 3.63) is 85.1 Å². The molecule has 2 aromatic heterocycles. The average molecular weight is 422 g/mol. The molecule has 0 saturated heterocycles. The van der Waals surface area contributed by atoms with Gasteiger partial charge in [0.15, 0.2) is 5.65 Å². The SMILES string of the molecule is COc1ccc(-c2[nH]nc3nccc(Nc4cc(-c5ccccc5)ccc4OC)c23)cc1. The number of nitrogens with one attached hydrogen (secondary N) is 2. The number of H-pyrrole nitrogens is 1. The number of ether oxygens (including phenoxy) is 2. The molecule has 5 rings (SSSR count). The van der Waals surface area contributed by atoms with Gasteiger partial charge in [-0.15, -0.1) is 0 Å². The fraction of sp³-hybridized carbons (Fsp3) is 0.0769. The zero-order valence-electron chi connectivity index (χ0n) is 17.8. The number of methoxy groups -OCH3 is 2. The molecule has 6 nitrogen and oxygen atoms in total. The molecule has 0 aliphatic heterocycles. The maximum Gasteiger partial charge on any atom is 0.183 e. The maximum absolute atomic E-state index is 5.63. The lowest BCUT2D eigenvalue weighted by molar-refractivity contribution is 0.415. The first-order valence-corrected chi connectivity index (χ1v) is 10.2. The minimum absolute atomic E-state index is 0.638. The van der Waals surface area contributed by atoms with E-state index >= 15 is 0 Å². The van der Waals surface area contributed by atoms with E-state index in [1.807, 2.05) is 54.6 Å². The molecule has 0 radical (unpaired) electrons. The topological polar surface area (TPSA) is 72.1 Å². The molecule has 2 N–H and O–H groups in total. The van der Waals surface area contributed by atoms with E-state index in [4.69, 9.17) is 9.47 Å². The Balaban J connectivity index is 1.59. The van der Waals surface area contributed by atoms with E-state index < -0.39 is 0 Å². The van der Waals surface area contributed by atoms with Gasteiger partial charge < -0.3 is 14.8 Å². The smallest absolute Gasteiger partial charge is 0.183 e. The van der Waals surface area contributed by atoms with Gasteiger partial charge in [-0.2, -0.15) is 5.10 Å². The van der Waals surface area contributed by atoms with Crippen LogP contribution in [0.15, 0.2) is 85.1 Å². The van der Waals surface area contributed by atoms with Crippen LogP contribution in [-0.4, -0.2) is 29.4 Å². The van der Waals surface area contributed by atoms with Crippen LogP contribution in [-0.2, 0) is 0 Å². The summed E-state index contributed by atoms with van der Waals surface area (Å²) in [6, 6.07) is 26.2. The predicted molar refractivity (Wildman–Crippen MR) is 128 cm³/mol. The fourth-order valence-corrected chi connectivity index (χ4v) is 3.78. The van der Waals surface area contributed by atoms with Crippen LogP contribution in [0.4, 0.5) is 11.4 Å². The Labute approximate surface area is 185 Å². The van der Waals surface area contributed by atoms with Gasteiger partial charge in [0, 0.05) is 11.8 Å². The van der Waals surface area contributed by atoms with Gasteiger partial charge in [-0.1, -0.05) is 36.4 Å². The molecule has 0 amide bonds. The minimum Gasteiger partial charge on any atom is -0.497 e. The van der Waals surface area contributed by atoms with E-state index in [1.54, 1.807) is 20.4 Å². The van der Waals surface area contributed by atoms with Crippen molar-refractivity contribution in [2.75, 3.05) is 19.5 Å². The predicted octanol–water partition coefficient (Wildman–Crippen LogP) is 6.05. The molecule has 32 heavy (non-hydrogen) atoms. The first kappa shape index (κ1) is 19.6. The second-order valence-corrected chi connectivity index (χ2v) is 7.29. The molecule has 0 fully saturated rings. The number of rotatable bonds is 6. The number of benzene rings is 3. The largest absolute Gasteiger partial charge is 0.497 e. The third-order valence-corrected chi connectivity index (χ3v) is 5.41. The van der Waals surface area contributed by atoms with Crippen molar-refractivity contribution in [3.63, 3.8) is 0 Å². The monoisotopic (exact) mass is 422 g/mol. The molecule has 5 aromatic rings. The minimum atomic E-state index is 0.638. The highest BCUT2D eigenvalue weighted by Crippen LogP contribution is 2.37. The highest BCUT2D eigenvalue weighted by molar-refractivity contribution is 6.01. The van der Waals surface area contributed by atoms with Gasteiger partial charge in [0.1, 0.15) is 11.5 Å². The third-order valence-electron chi connectivity index (χ3n) is 5.41. The molecule has 0 unspecified atom stereocenters. The Kier molecular flexibility index (Phi) is 5.17. The fourth-order valence-electron chi connectivity index (χ4n) is 3.78. The van der Waals surface area contributed by atoms with Crippen molar-refractivity contribution < 1.29 is 9.47 Å². The van der Waals surface area contributed by atoms with Gasteiger partial charge in [-0.25, -0.2) is 4.98 Å². The van der Waals surface area contributed by atoms with Gasteiger partial charge in [0.25, 0.3) is 0 Å². The van der Waals surface area contributed by atoms with Crippen LogP contribution in [0.2, 0.25) is 0 Å².